The Balaban J connectivity index is 1.38. The van der Waals surface area contributed by atoms with Crippen LogP contribution in [0.4, 0.5) is 11.9 Å². The van der Waals surface area contributed by atoms with E-state index in [-0.39, 0.29) is 11.7 Å². The van der Waals surface area contributed by atoms with Crippen molar-refractivity contribution in [1.29, 1.82) is 0 Å². The summed E-state index contributed by atoms with van der Waals surface area (Å²) in [6.45, 7) is 0. The summed E-state index contributed by atoms with van der Waals surface area (Å²) in [6, 6.07) is 19.1. The maximum Gasteiger partial charge on any atom is 0.230 e. The Bertz CT molecular complexity index is 1520. The number of carbonyl (C=O) groups is 1. The number of anilines is 2. The maximum atomic E-state index is 12.7. The fraction of sp³-hybridized carbons (Fsp3) is 0.115. The Kier molecular flexibility index (Phi) is 5.04. The number of halogens is 1. The number of nitrogens with zero attached hydrogens (tertiary/aromatic N) is 4. The highest BCUT2D eigenvalue weighted by Gasteiger charge is 2.29. The maximum absolute atomic E-state index is 12.7. The number of nitrogens with one attached hydrogen (secondary N) is 1. The van der Waals surface area contributed by atoms with Gasteiger partial charge in [-0.3, -0.25) is 10.1 Å². The number of rotatable bonds is 4. The van der Waals surface area contributed by atoms with Crippen molar-refractivity contribution in [1.82, 2.24) is 19.9 Å². The third kappa shape index (κ3) is 3.80. The van der Waals surface area contributed by atoms with Crippen molar-refractivity contribution in [3.8, 4) is 11.3 Å². The van der Waals surface area contributed by atoms with E-state index in [1.54, 1.807) is 18.5 Å². The van der Waals surface area contributed by atoms with Crippen molar-refractivity contribution in [2.24, 2.45) is 0 Å². The monoisotopic (exact) mass is 467 g/mol. The first-order chi connectivity index (χ1) is 16.6. The predicted molar refractivity (Wildman–Crippen MR) is 129 cm³/mol. The molecule has 0 amide bonds. The van der Waals surface area contributed by atoms with E-state index in [9.17, 15) is 4.79 Å². The minimum absolute atomic E-state index is 0.0133. The average molecular weight is 468 g/mol. The van der Waals surface area contributed by atoms with E-state index in [2.05, 4.69) is 20.3 Å². The van der Waals surface area contributed by atoms with Gasteiger partial charge >= 0.3 is 0 Å². The van der Waals surface area contributed by atoms with E-state index in [0.29, 0.717) is 41.0 Å². The van der Waals surface area contributed by atoms with E-state index in [0.717, 1.165) is 27.9 Å². The molecule has 0 saturated heterocycles. The highest BCUT2D eigenvalue weighted by atomic mass is 35.5. The third-order valence-corrected chi connectivity index (χ3v) is 6.15. The van der Waals surface area contributed by atoms with Crippen LogP contribution in [0.2, 0.25) is 5.02 Å². The molecule has 0 spiro atoms. The molecule has 0 aliphatic heterocycles. The van der Waals surface area contributed by atoms with E-state index < -0.39 is 0 Å². The molecule has 1 N–H and O–H groups in total. The van der Waals surface area contributed by atoms with Crippen LogP contribution >= 0.6 is 11.6 Å². The molecule has 3 heterocycles. The van der Waals surface area contributed by atoms with Gasteiger partial charge in [-0.15, -0.1) is 0 Å². The number of Topliss-reactive ketones (excluding diaryl/α,β-unsaturated/α-hetero) is 1. The molecule has 1 aliphatic rings. The molecule has 166 valence electrons. The van der Waals surface area contributed by atoms with Crippen LogP contribution in [0.25, 0.3) is 22.2 Å². The number of hydrogen-bond donors (Lipinski definition) is 1. The normalized spacial score (nSPS) is 15.3. The van der Waals surface area contributed by atoms with Gasteiger partial charge in [0.1, 0.15) is 5.76 Å². The molecule has 1 aliphatic carbocycles. The van der Waals surface area contributed by atoms with Crippen LogP contribution in [0.1, 0.15) is 34.2 Å². The number of furan rings is 1. The van der Waals surface area contributed by atoms with Crippen molar-refractivity contribution < 1.29 is 9.21 Å². The molecule has 34 heavy (non-hydrogen) atoms. The van der Waals surface area contributed by atoms with Gasteiger partial charge in [0.2, 0.25) is 11.9 Å². The molecule has 8 heteroatoms. The molecule has 3 aromatic heterocycles. The van der Waals surface area contributed by atoms with Gasteiger partial charge in [-0.2, -0.15) is 0 Å². The fourth-order valence-corrected chi connectivity index (χ4v) is 4.47. The van der Waals surface area contributed by atoms with Crippen LogP contribution in [-0.4, -0.2) is 25.7 Å². The zero-order valence-corrected chi connectivity index (χ0v) is 18.7. The van der Waals surface area contributed by atoms with Gasteiger partial charge in [0.05, 0.1) is 28.7 Å². The van der Waals surface area contributed by atoms with Crippen molar-refractivity contribution in [3.63, 3.8) is 0 Å². The Labute approximate surface area is 199 Å². The molecular formula is C26H18ClN5O2. The lowest BCUT2D eigenvalue weighted by Gasteiger charge is -2.21. The van der Waals surface area contributed by atoms with Gasteiger partial charge in [-0.25, -0.2) is 19.9 Å². The Hall–Kier alpha value is -4.10. The first kappa shape index (κ1) is 20.5. The summed E-state index contributed by atoms with van der Waals surface area (Å²) in [5, 5.41) is 4.59. The number of benzene rings is 2. The second-order valence-electron chi connectivity index (χ2n) is 8.15. The molecule has 1 unspecified atom stereocenters. The zero-order chi connectivity index (χ0) is 23.1. The molecule has 2 aromatic carbocycles. The number of fused-ring (bicyclic) bond motifs is 2. The smallest absolute Gasteiger partial charge is 0.230 e. The Morgan fingerprint density at radius 2 is 1.82 bits per heavy atom. The van der Waals surface area contributed by atoms with Gasteiger partial charge in [0.25, 0.3) is 0 Å². The van der Waals surface area contributed by atoms with Gasteiger partial charge in [0.15, 0.2) is 5.78 Å². The summed E-state index contributed by atoms with van der Waals surface area (Å²) in [5.74, 6) is 1.46. The molecular weight excluding hydrogens is 450 g/mol. The van der Waals surface area contributed by atoms with Crippen molar-refractivity contribution in [2.75, 3.05) is 5.32 Å². The first-order valence-corrected chi connectivity index (χ1v) is 11.2. The summed E-state index contributed by atoms with van der Waals surface area (Å²) in [7, 11) is 0. The second-order valence-corrected chi connectivity index (χ2v) is 8.58. The number of carbonyl (C=O) groups excluding carboxylic acids is 1. The third-order valence-electron chi connectivity index (χ3n) is 5.91. The van der Waals surface area contributed by atoms with Crippen molar-refractivity contribution in [2.45, 2.75) is 18.8 Å². The van der Waals surface area contributed by atoms with Crippen LogP contribution in [0.3, 0.4) is 0 Å². The van der Waals surface area contributed by atoms with E-state index in [4.69, 9.17) is 21.0 Å². The largest absolute Gasteiger partial charge is 0.469 e. The van der Waals surface area contributed by atoms with E-state index >= 15 is 0 Å². The lowest BCUT2D eigenvalue weighted by atomic mass is 9.85. The van der Waals surface area contributed by atoms with Gasteiger partial charge in [-0.05, 0) is 30.3 Å². The summed E-state index contributed by atoms with van der Waals surface area (Å²) in [6.07, 6.45) is 4.17. The summed E-state index contributed by atoms with van der Waals surface area (Å²) >= 11 is 6.25. The molecule has 0 saturated carbocycles. The Morgan fingerprint density at radius 3 is 2.65 bits per heavy atom. The van der Waals surface area contributed by atoms with Crippen LogP contribution < -0.4 is 5.32 Å². The molecule has 5 aromatic rings. The topological polar surface area (TPSA) is 93.8 Å². The molecule has 7 nitrogen and oxygen atoms in total. The minimum atomic E-state index is -0.0379. The predicted octanol–water partition coefficient (Wildman–Crippen LogP) is 5.99. The van der Waals surface area contributed by atoms with Gasteiger partial charge < -0.3 is 4.42 Å². The highest BCUT2D eigenvalue weighted by molar-refractivity contribution is 6.31. The minimum Gasteiger partial charge on any atom is -0.469 e. The highest BCUT2D eigenvalue weighted by Crippen LogP contribution is 2.33. The van der Waals surface area contributed by atoms with Crippen molar-refractivity contribution >= 4 is 40.2 Å². The first-order valence-electron chi connectivity index (χ1n) is 10.9. The van der Waals surface area contributed by atoms with Gasteiger partial charge in [0, 0.05) is 40.9 Å². The van der Waals surface area contributed by atoms with E-state index in [1.807, 2.05) is 54.6 Å². The lowest BCUT2D eigenvalue weighted by molar-refractivity contribution is 0.0958. The number of ketones is 1. The molecule has 0 radical (unpaired) electrons. The van der Waals surface area contributed by atoms with Crippen LogP contribution in [-0.2, 0) is 6.42 Å². The summed E-state index contributed by atoms with van der Waals surface area (Å²) in [4.78, 5) is 31.0. The number of hydrogen-bond acceptors (Lipinski definition) is 7. The molecule has 6 rings (SSSR count). The molecule has 0 bridgehead atoms. The quantitative estimate of drug-likeness (QED) is 0.347. The average Bonchev–Trinajstić information content (AvgIpc) is 3.39. The van der Waals surface area contributed by atoms with Crippen molar-refractivity contribution in [3.05, 3.63) is 95.2 Å². The second kappa shape index (κ2) is 8.35. The Morgan fingerprint density at radius 1 is 0.941 bits per heavy atom. The SMILES string of the molecule is O=C1CC(c2ccco2)Cc2nc(Nc3nc(-c4ccccc4)c4cc(Cl)ccc4n3)ncc21. The van der Waals surface area contributed by atoms with E-state index in [1.165, 1.54) is 0 Å². The van der Waals surface area contributed by atoms with Crippen LogP contribution in [0, 0.1) is 0 Å². The van der Waals surface area contributed by atoms with Crippen LogP contribution in [0.15, 0.2) is 77.5 Å². The lowest BCUT2D eigenvalue weighted by Crippen LogP contribution is -2.21. The fourth-order valence-electron chi connectivity index (χ4n) is 4.30. The van der Waals surface area contributed by atoms with Gasteiger partial charge in [-0.1, -0.05) is 41.9 Å². The zero-order valence-electron chi connectivity index (χ0n) is 17.9. The standard InChI is InChI=1S/C26H18ClN5O2/c27-17-8-9-20-18(13-17)24(15-5-2-1-3-6-15)31-26(29-20)32-25-28-14-19-21(30-25)11-16(12-22(19)33)23-7-4-10-34-23/h1-10,13-14,16H,11-12H2,(H,28,29,30,31,32). The number of aromatic nitrogens is 4. The summed E-state index contributed by atoms with van der Waals surface area (Å²) < 4.78 is 5.53. The van der Waals surface area contributed by atoms with Crippen LogP contribution in [0.5, 0.6) is 0 Å². The molecule has 1 atom stereocenters. The summed E-state index contributed by atoms with van der Waals surface area (Å²) in [5.41, 5.74) is 3.67. The molecule has 0 fully saturated rings.